The zero-order valence-electron chi connectivity index (χ0n) is 7.95. The monoisotopic (exact) mass is 263 g/mol. The quantitative estimate of drug-likeness (QED) is 0.816. The fraction of sp³-hybridized carbons (Fsp3) is 0.143. The summed E-state index contributed by atoms with van der Waals surface area (Å²) in [5, 5.41) is 12.0. The van der Waals surface area contributed by atoms with Gasteiger partial charge in [0.2, 0.25) is 5.13 Å². The van der Waals surface area contributed by atoms with Crippen molar-refractivity contribution in [3.05, 3.63) is 27.6 Å². The van der Waals surface area contributed by atoms with Crippen molar-refractivity contribution in [3.63, 3.8) is 0 Å². The second kappa shape index (κ2) is 4.13. The Morgan fingerprint density at radius 1 is 1.29 bits per heavy atom. The van der Waals surface area contributed by atoms with Gasteiger partial charge in [-0.1, -0.05) is 0 Å². The molecule has 0 aliphatic rings. The molecule has 6 nitrogen and oxygen atoms in total. The Kier molecular flexibility index (Phi) is 2.79. The van der Waals surface area contributed by atoms with Gasteiger partial charge >= 0.3 is 6.18 Å². The van der Waals surface area contributed by atoms with Gasteiger partial charge in [0.15, 0.2) is 11.4 Å². The van der Waals surface area contributed by atoms with Crippen molar-refractivity contribution in [3.8, 4) is 0 Å². The Hall–Kier alpha value is -1.97. The smallest absolute Gasteiger partial charge is 0.292 e. The molecule has 0 atom stereocenters. The maximum atomic E-state index is 12.4. The zero-order chi connectivity index (χ0) is 12.5. The van der Waals surface area contributed by atoms with Crippen LogP contribution in [0.25, 0.3) is 0 Å². The molecule has 2 heterocycles. The van der Waals surface area contributed by atoms with Gasteiger partial charge in [-0.3, -0.25) is 15.0 Å². The number of H-pyrrole nitrogens is 2. The van der Waals surface area contributed by atoms with E-state index in [1.807, 2.05) is 0 Å². The average Bonchev–Trinajstić information content (AvgIpc) is 2.83. The van der Waals surface area contributed by atoms with Crippen LogP contribution in [0.3, 0.4) is 0 Å². The van der Waals surface area contributed by atoms with Crippen LogP contribution in [0.5, 0.6) is 0 Å². The number of nitrogens with zero attached hydrogens (tertiary/aromatic N) is 3. The zero-order valence-corrected chi connectivity index (χ0v) is 8.76. The maximum absolute atomic E-state index is 12.4. The summed E-state index contributed by atoms with van der Waals surface area (Å²) in [6.07, 6.45) is -3.28. The third-order valence-electron chi connectivity index (χ3n) is 1.69. The summed E-state index contributed by atoms with van der Waals surface area (Å²) in [6, 6.07) is 0. The number of aromatic nitrogens is 3. The molecule has 0 radical (unpaired) electrons. The van der Waals surface area contributed by atoms with Gasteiger partial charge in [0.1, 0.15) is 0 Å². The van der Waals surface area contributed by atoms with Gasteiger partial charge in [0, 0.05) is 11.6 Å². The van der Waals surface area contributed by atoms with E-state index in [1.54, 1.807) is 15.6 Å². The molecule has 2 aromatic heterocycles. The molecule has 2 rings (SSSR count). The summed E-state index contributed by atoms with van der Waals surface area (Å²) in [6.45, 7) is 0. The van der Waals surface area contributed by atoms with Gasteiger partial charge in [-0.15, -0.1) is 21.6 Å². The fourth-order valence-corrected chi connectivity index (χ4v) is 1.46. The van der Waals surface area contributed by atoms with E-state index >= 15 is 0 Å². The molecule has 0 fully saturated rings. The summed E-state index contributed by atoms with van der Waals surface area (Å²) >= 11 is 1.09. The van der Waals surface area contributed by atoms with E-state index in [0.717, 1.165) is 11.3 Å². The normalized spacial score (nSPS) is 12.4. The van der Waals surface area contributed by atoms with Gasteiger partial charge in [-0.2, -0.15) is 13.2 Å². The van der Waals surface area contributed by atoms with E-state index in [4.69, 9.17) is 0 Å². The summed E-state index contributed by atoms with van der Waals surface area (Å²) in [5.74, 6) is 0. The molecule has 0 unspecified atom stereocenters. The number of rotatable bonds is 2. The SMILES string of the molecule is O=c1[nH][nH]c(C(F)(F)F)c1N=Nc1nccs1. The highest BCUT2D eigenvalue weighted by molar-refractivity contribution is 7.13. The van der Waals surface area contributed by atoms with Crippen LogP contribution in [0, 0.1) is 0 Å². The van der Waals surface area contributed by atoms with Crippen molar-refractivity contribution in [1.29, 1.82) is 0 Å². The highest BCUT2D eigenvalue weighted by Gasteiger charge is 2.37. The molecule has 0 amide bonds. The molecule has 17 heavy (non-hydrogen) atoms. The number of alkyl halides is 3. The Balaban J connectivity index is 2.39. The number of halogens is 3. The minimum atomic E-state index is -4.70. The minimum absolute atomic E-state index is 0.165. The number of hydrogen-bond acceptors (Lipinski definition) is 5. The average molecular weight is 263 g/mol. The van der Waals surface area contributed by atoms with Gasteiger partial charge in [-0.25, -0.2) is 4.98 Å². The second-order valence-electron chi connectivity index (χ2n) is 2.82. The van der Waals surface area contributed by atoms with Crippen molar-refractivity contribution in [2.45, 2.75) is 6.18 Å². The molecule has 2 N–H and O–H groups in total. The summed E-state index contributed by atoms with van der Waals surface area (Å²) in [5.41, 5.74) is -3.06. The fourth-order valence-electron chi connectivity index (χ4n) is 1.01. The van der Waals surface area contributed by atoms with Crippen molar-refractivity contribution in [1.82, 2.24) is 15.2 Å². The van der Waals surface area contributed by atoms with Crippen LogP contribution >= 0.6 is 11.3 Å². The van der Waals surface area contributed by atoms with Crippen LogP contribution in [0.4, 0.5) is 24.0 Å². The first-order chi connectivity index (χ1) is 7.98. The predicted octanol–water partition coefficient (Wildman–Crippen LogP) is 2.59. The highest BCUT2D eigenvalue weighted by Crippen LogP contribution is 2.33. The van der Waals surface area contributed by atoms with E-state index < -0.39 is 23.1 Å². The van der Waals surface area contributed by atoms with Crippen LogP contribution in [-0.2, 0) is 6.18 Å². The van der Waals surface area contributed by atoms with Crippen LogP contribution in [-0.4, -0.2) is 15.2 Å². The lowest BCUT2D eigenvalue weighted by Gasteiger charge is -2.01. The van der Waals surface area contributed by atoms with Crippen LogP contribution in [0.2, 0.25) is 0 Å². The van der Waals surface area contributed by atoms with Crippen LogP contribution < -0.4 is 5.56 Å². The lowest BCUT2D eigenvalue weighted by Crippen LogP contribution is -2.06. The van der Waals surface area contributed by atoms with Gasteiger partial charge < -0.3 is 0 Å². The van der Waals surface area contributed by atoms with Crippen molar-refractivity contribution < 1.29 is 13.2 Å². The molecule has 0 spiro atoms. The topological polar surface area (TPSA) is 86.3 Å². The molecular formula is C7H4F3N5OS. The van der Waals surface area contributed by atoms with E-state index in [9.17, 15) is 18.0 Å². The molecule has 10 heteroatoms. The molecular weight excluding hydrogens is 259 g/mol. The van der Waals surface area contributed by atoms with Gasteiger partial charge in [0.05, 0.1) is 0 Å². The molecule has 0 saturated heterocycles. The maximum Gasteiger partial charge on any atom is 0.435 e. The van der Waals surface area contributed by atoms with E-state index in [-0.39, 0.29) is 5.13 Å². The molecule has 2 aromatic rings. The molecule has 0 aromatic carbocycles. The Labute approximate surface area is 95.2 Å². The van der Waals surface area contributed by atoms with E-state index in [1.165, 1.54) is 6.20 Å². The molecule has 90 valence electrons. The summed E-state index contributed by atoms with van der Waals surface area (Å²) in [4.78, 5) is 14.8. The molecule has 0 aliphatic heterocycles. The lowest BCUT2D eigenvalue weighted by atomic mass is 10.4. The van der Waals surface area contributed by atoms with E-state index in [0.29, 0.717) is 0 Å². The van der Waals surface area contributed by atoms with Crippen molar-refractivity contribution >= 4 is 22.2 Å². The van der Waals surface area contributed by atoms with Crippen LogP contribution in [0.15, 0.2) is 26.6 Å². The minimum Gasteiger partial charge on any atom is -0.292 e. The van der Waals surface area contributed by atoms with Crippen molar-refractivity contribution in [2.24, 2.45) is 10.2 Å². The summed E-state index contributed by atoms with van der Waals surface area (Å²) < 4.78 is 37.3. The number of hydrogen-bond donors (Lipinski definition) is 2. The Morgan fingerprint density at radius 3 is 2.65 bits per heavy atom. The summed E-state index contributed by atoms with van der Waals surface area (Å²) in [7, 11) is 0. The Morgan fingerprint density at radius 2 is 2.06 bits per heavy atom. The number of azo groups is 1. The molecule has 0 bridgehead atoms. The lowest BCUT2D eigenvalue weighted by molar-refractivity contribution is -0.140. The van der Waals surface area contributed by atoms with Gasteiger partial charge in [-0.05, 0) is 0 Å². The number of aromatic amines is 2. The first-order valence-corrected chi connectivity index (χ1v) is 5.05. The third-order valence-corrected chi connectivity index (χ3v) is 2.35. The standard InChI is InChI=1S/C7H4F3N5OS/c8-7(9,10)4-3(5(16)14-13-4)12-15-6-11-1-2-17-6/h1-2H,(H2,13,14,16). The number of thiazole rings is 1. The van der Waals surface area contributed by atoms with Crippen molar-refractivity contribution in [2.75, 3.05) is 0 Å². The predicted molar refractivity (Wildman–Crippen MR) is 52.7 cm³/mol. The van der Waals surface area contributed by atoms with Gasteiger partial charge in [0.25, 0.3) is 5.56 Å². The first-order valence-electron chi connectivity index (χ1n) is 4.17. The van der Waals surface area contributed by atoms with Crippen LogP contribution in [0.1, 0.15) is 5.69 Å². The largest absolute Gasteiger partial charge is 0.435 e. The first kappa shape index (κ1) is 11.5. The number of nitrogens with one attached hydrogen (secondary N) is 2. The highest BCUT2D eigenvalue weighted by atomic mass is 32.1. The second-order valence-corrected chi connectivity index (χ2v) is 3.69. The molecule has 0 aliphatic carbocycles. The molecule has 0 saturated carbocycles. The third kappa shape index (κ3) is 2.41. The Bertz CT molecular complexity index is 581. The van der Waals surface area contributed by atoms with E-state index in [2.05, 4.69) is 15.2 Å².